The first-order valence-electron chi connectivity index (χ1n) is 4.42. The van der Waals surface area contributed by atoms with Crippen molar-refractivity contribution in [2.24, 2.45) is 0 Å². The monoisotopic (exact) mass is 333 g/mol. The van der Waals surface area contributed by atoms with Crippen LogP contribution in [0, 0.1) is 0 Å². The van der Waals surface area contributed by atoms with E-state index in [1.54, 1.807) is 6.26 Å². The van der Waals surface area contributed by atoms with Crippen molar-refractivity contribution in [3.63, 3.8) is 0 Å². The Balaban J connectivity index is 1.83. The molecular weight excluding hydrogens is 326 g/mol. The Bertz CT molecular complexity index is 403. The van der Waals surface area contributed by atoms with Gasteiger partial charge in [-0.05, 0) is 50.1 Å². The largest absolute Gasteiger partial charge is 0.468 e. The van der Waals surface area contributed by atoms with E-state index in [-0.39, 0.29) is 0 Å². The minimum atomic E-state index is 0.672. The van der Waals surface area contributed by atoms with Crippen molar-refractivity contribution in [1.82, 2.24) is 5.32 Å². The molecule has 0 radical (unpaired) electrons. The summed E-state index contributed by atoms with van der Waals surface area (Å²) in [5, 5.41) is 3.22. The van der Waals surface area contributed by atoms with E-state index in [1.807, 2.05) is 18.2 Å². The highest BCUT2D eigenvalue weighted by molar-refractivity contribution is 9.13. The van der Waals surface area contributed by atoms with Crippen LogP contribution in [0.25, 0.3) is 0 Å². The fraction of sp³-hybridized carbons (Fsp3) is 0.200. The highest BCUT2D eigenvalue weighted by Crippen LogP contribution is 2.26. The van der Waals surface area contributed by atoms with E-state index in [2.05, 4.69) is 37.2 Å². The molecule has 0 aliphatic heterocycles. The third-order valence-corrected chi connectivity index (χ3v) is 3.58. The fourth-order valence-corrected chi connectivity index (χ4v) is 1.86. The predicted octanol–water partition coefficient (Wildman–Crippen LogP) is 3.69. The van der Waals surface area contributed by atoms with Gasteiger partial charge in [0, 0.05) is 0 Å². The molecule has 3 nitrogen and oxygen atoms in total. The van der Waals surface area contributed by atoms with E-state index in [0.717, 1.165) is 20.7 Å². The Kier molecular flexibility index (Phi) is 3.66. The summed E-state index contributed by atoms with van der Waals surface area (Å²) in [5.41, 5.74) is 0. The van der Waals surface area contributed by atoms with E-state index in [4.69, 9.17) is 8.83 Å². The number of furan rings is 2. The van der Waals surface area contributed by atoms with Gasteiger partial charge in [0.1, 0.15) is 11.5 Å². The molecule has 0 saturated carbocycles. The first kappa shape index (κ1) is 11.0. The number of hydrogen-bond donors (Lipinski definition) is 1. The van der Waals surface area contributed by atoms with Gasteiger partial charge in [-0.2, -0.15) is 0 Å². The number of nitrogens with one attached hydrogen (secondary N) is 1. The van der Waals surface area contributed by atoms with Crippen molar-refractivity contribution in [1.29, 1.82) is 0 Å². The van der Waals surface area contributed by atoms with E-state index in [9.17, 15) is 0 Å². The van der Waals surface area contributed by atoms with Crippen molar-refractivity contribution in [3.05, 3.63) is 45.1 Å². The molecule has 0 saturated heterocycles. The van der Waals surface area contributed by atoms with Gasteiger partial charge in [-0.1, -0.05) is 0 Å². The van der Waals surface area contributed by atoms with Gasteiger partial charge in [0.2, 0.25) is 0 Å². The molecule has 2 aromatic rings. The van der Waals surface area contributed by atoms with Crippen LogP contribution in [0.3, 0.4) is 0 Å². The molecule has 0 unspecified atom stereocenters. The molecule has 0 fully saturated rings. The number of rotatable bonds is 4. The summed E-state index contributed by atoms with van der Waals surface area (Å²) in [6.45, 7) is 1.37. The van der Waals surface area contributed by atoms with Crippen molar-refractivity contribution >= 4 is 31.9 Å². The maximum atomic E-state index is 5.41. The van der Waals surface area contributed by atoms with Gasteiger partial charge in [0.25, 0.3) is 0 Å². The summed E-state index contributed by atoms with van der Waals surface area (Å²) in [4.78, 5) is 0. The highest BCUT2D eigenvalue weighted by atomic mass is 79.9. The molecule has 0 aromatic carbocycles. The van der Waals surface area contributed by atoms with E-state index < -0.39 is 0 Å². The first-order chi connectivity index (χ1) is 7.25. The standard InChI is InChI=1S/C10H9Br2NO2/c11-9-4-8(15-10(9)12)6-13-5-7-2-1-3-14-7/h1-4,13H,5-6H2. The quantitative estimate of drug-likeness (QED) is 0.926. The Morgan fingerprint density at radius 1 is 1.20 bits per heavy atom. The maximum Gasteiger partial charge on any atom is 0.183 e. The Morgan fingerprint density at radius 3 is 2.60 bits per heavy atom. The van der Waals surface area contributed by atoms with Crippen LogP contribution in [-0.2, 0) is 13.1 Å². The molecule has 0 atom stereocenters. The number of halogens is 2. The van der Waals surface area contributed by atoms with Gasteiger partial charge in [0.15, 0.2) is 4.67 Å². The van der Waals surface area contributed by atoms with Crippen LogP contribution in [0.2, 0.25) is 0 Å². The van der Waals surface area contributed by atoms with E-state index >= 15 is 0 Å². The zero-order valence-electron chi connectivity index (χ0n) is 7.80. The highest BCUT2D eigenvalue weighted by Gasteiger charge is 2.05. The molecule has 0 spiro atoms. The molecule has 5 heteroatoms. The van der Waals surface area contributed by atoms with Crippen LogP contribution in [-0.4, -0.2) is 0 Å². The average Bonchev–Trinajstić information content (AvgIpc) is 2.79. The molecule has 0 amide bonds. The Hall–Kier alpha value is -0.520. The van der Waals surface area contributed by atoms with E-state index in [0.29, 0.717) is 13.1 Å². The molecule has 80 valence electrons. The predicted molar refractivity (Wildman–Crippen MR) is 63.4 cm³/mol. The molecule has 0 aliphatic carbocycles. The van der Waals surface area contributed by atoms with Crippen LogP contribution < -0.4 is 5.32 Å². The van der Waals surface area contributed by atoms with Crippen molar-refractivity contribution in [2.45, 2.75) is 13.1 Å². The summed E-state index contributed by atoms with van der Waals surface area (Å²) in [7, 11) is 0. The van der Waals surface area contributed by atoms with Gasteiger partial charge in [-0.25, -0.2) is 0 Å². The van der Waals surface area contributed by atoms with Crippen LogP contribution in [0.5, 0.6) is 0 Å². The average molecular weight is 335 g/mol. The molecule has 1 N–H and O–H groups in total. The topological polar surface area (TPSA) is 38.3 Å². The van der Waals surface area contributed by atoms with Crippen LogP contribution in [0.15, 0.2) is 42.4 Å². The van der Waals surface area contributed by atoms with E-state index in [1.165, 1.54) is 0 Å². The second-order valence-electron chi connectivity index (χ2n) is 3.02. The molecular formula is C10H9Br2NO2. The molecule has 0 aliphatic rings. The summed E-state index contributed by atoms with van der Waals surface area (Å²) >= 11 is 6.65. The Morgan fingerprint density at radius 2 is 2.00 bits per heavy atom. The minimum absolute atomic E-state index is 0.672. The lowest BCUT2D eigenvalue weighted by atomic mass is 10.4. The van der Waals surface area contributed by atoms with Crippen molar-refractivity contribution < 1.29 is 8.83 Å². The van der Waals surface area contributed by atoms with Crippen LogP contribution in [0.4, 0.5) is 0 Å². The van der Waals surface area contributed by atoms with Crippen LogP contribution in [0.1, 0.15) is 11.5 Å². The molecule has 15 heavy (non-hydrogen) atoms. The summed E-state index contributed by atoms with van der Waals surface area (Å²) in [5.74, 6) is 1.79. The lowest BCUT2D eigenvalue weighted by Gasteiger charge is -1.98. The Labute approximate surface area is 104 Å². The zero-order valence-corrected chi connectivity index (χ0v) is 11.0. The van der Waals surface area contributed by atoms with Gasteiger partial charge < -0.3 is 14.2 Å². The zero-order chi connectivity index (χ0) is 10.7. The molecule has 0 bridgehead atoms. The fourth-order valence-electron chi connectivity index (χ4n) is 1.20. The SMILES string of the molecule is Brc1cc(CNCc2ccco2)oc1Br. The van der Waals surface area contributed by atoms with Crippen molar-refractivity contribution in [3.8, 4) is 0 Å². The normalized spacial score (nSPS) is 10.8. The first-order valence-corrected chi connectivity index (χ1v) is 6.01. The third kappa shape index (κ3) is 2.96. The molecule has 2 aromatic heterocycles. The molecule has 2 heterocycles. The second-order valence-corrected chi connectivity index (χ2v) is 4.59. The summed E-state index contributed by atoms with van der Waals surface area (Å²) < 4.78 is 12.2. The smallest absolute Gasteiger partial charge is 0.183 e. The third-order valence-electron chi connectivity index (χ3n) is 1.87. The van der Waals surface area contributed by atoms with Gasteiger partial charge in [0.05, 0.1) is 23.8 Å². The van der Waals surface area contributed by atoms with Gasteiger partial charge >= 0.3 is 0 Å². The second kappa shape index (κ2) is 5.01. The molecule has 2 rings (SSSR count). The maximum absolute atomic E-state index is 5.41. The summed E-state index contributed by atoms with van der Waals surface area (Å²) in [6.07, 6.45) is 1.66. The lowest BCUT2D eigenvalue weighted by Crippen LogP contribution is -2.11. The minimum Gasteiger partial charge on any atom is -0.468 e. The summed E-state index contributed by atoms with van der Waals surface area (Å²) in [6, 6.07) is 5.73. The van der Waals surface area contributed by atoms with Gasteiger partial charge in [-0.3, -0.25) is 0 Å². The van der Waals surface area contributed by atoms with Crippen molar-refractivity contribution in [2.75, 3.05) is 0 Å². The van der Waals surface area contributed by atoms with Crippen LogP contribution >= 0.6 is 31.9 Å². The number of hydrogen-bond acceptors (Lipinski definition) is 3. The van der Waals surface area contributed by atoms with Gasteiger partial charge in [-0.15, -0.1) is 0 Å². The lowest BCUT2D eigenvalue weighted by molar-refractivity contribution is 0.441.